The molecule has 38 heavy (non-hydrogen) atoms. The van der Waals surface area contributed by atoms with Crippen molar-refractivity contribution in [2.24, 2.45) is 0 Å². The fraction of sp³-hybridized carbons (Fsp3) is 0.241. The SMILES string of the molecule is CCCOc1ccc(/C(O)=C2\C(=O)C(=O)N(c3ccc(F)c(Cl)c3)C2c2ccc(OC)c(OC)c2)cc1C. The first-order valence-electron chi connectivity index (χ1n) is 11.9. The number of halogens is 2. The predicted octanol–water partition coefficient (Wildman–Crippen LogP) is 6.22. The zero-order valence-electron chi connectivity index (χ0n) is 21.4. The minimum atomic E-state index is -1.06. The van der Waals surface area contributed by atoms with Crippen LogP contribution in [0, 0.1) is 12.7 Å². The Morgan fingerprint density at radius 2 is 1.71 bits per heavy atom. The molecule has 1 saturated heterocycles. The summed E-state index contributed by atoms with van der Waals surface area (Å²) in [5.41, 5.74) is 1.61. The van der Waals surface area contributed by atoms with Crippen LogP contribution in [0.1, 0.15) is 36.1 Å². The van der Waals surface area contributed by atoms with Crippen LogP contribution in [0.15, 0.2) is 60.2 Å². The van der Waals surface area contributed by atoms with Gasteiger partial charge in [-0.25, -0.2) is 4.39 Å². The highest BCUT2D eigenvalue weighted by atomic mass is 35.5. The Morgan fingerprint density at radius 1 is 1.00 bits per heavy atom. The molecule has 198 valence electrons. The molecule has 0 radical (unpaired) electrons. The number of benzene rings is 3. The van der Waals surface area contributed by atoms with Gasteiger partial charge < -0.3 is 19.3 Å². The van der Waals surface area contributed by atoms with Gasteiger partial charge in [0.15, 0.2) is 11.5 Å². The molecule has 1 amide bonds. The second-order valence-electron chi connectivity index (χ2n) is 8.71. The Hall–Kier alpha value is -4.04. The largest absolute Gasteiger partial charge is 0.507 e. The number of aliphatic hydroxyl groups excluding tert-OH is 1. The topological polar surface area (TPSA) is 85.3 Å². The van der Waals surface area contributed by atoms with Crippen molar-refractivity contribution in [1.82, 2.24) is 0 Å². The van der Waals surface area contributed by atoms with Gasteiger partial charge in [0, 0.05) is 11.3 Å². The van der Waals surface area contributed by atoms with Crippen LogP contribution >= 0.6 is 11.6 Å². The van der Waals surface area contributed by atoms with Crippen LogP contribution in [0.2, 0.25) is 5.02 Å². The van der Waals surface area contributed by atoms with Gasteiger partial charge in [0.05, 0.1) is 37.5 Å². The van der Waals surface area contributed by atoms with Crippen LogP contribution in [0.5, 0.6) is 17.2 Å². The minimum Gasteiger partial charge on any atom is -0.507 e. The Kier molecular flexibility index (Phi) is 7.92. The van der Waals surface area contributed by atoms with Gasteiger partial charge in [-0.05, 0) is 73.0 Å². The van der Waals surface area contributed by atoms with Gasteiger partial charge in [0.1, 0.15) is 17.3 Å². The molecular weight excluding hydrogens is 513 g/mol. The van der Waals surface area contributed by atoms with Crippen LogP contribution in [0.3, 0.4) is 0 Å². The summed E-state index contributed by atoms with van der Waals surface area (Å²) >= 11 is 6.01. The summed E-state index contributed by atoms with van der Waals surface area (Å²) in [4.78, 5) is 28.0. The number of rotatable bonds is 8. The third kappa shape index (κ3) is 4.91. The molecule has 1 aliphatic rings. The lowest BCUT2D eigenvalue weighted by Crippen LogP contribution is -2.29. The van der Waals surface area contributed by atoms with Gasteiger partial charge in [-0.2, -0.15) is 0 Å². The summed E-state index contributed by atoms with van der Waals surface area (Å²) in [5.74, 6) is -1.36. The number of hydrogen-bond acceptors (Lipinski definition) is 6. The van der Waals surface area contributed by atoms with Crippen LogP contribution < -0.4 is 19.1 Å². The molecule has 0 bridgehead atoms. The third-order valence-electron chi connectivity index (χ3n) is 6.26. The first-order chi connectivity index (χ1) is 18.2. The number of carbonyl (C=O) groups excluding carboxylic acids is 2. The Balaban J connectivity index is 1.92. The van der Waals surface area contributed by atoms with E-state index in [0.717, 1.165) is 18.1 Å². The lowest BCUT2D eigenvalue weighted by atomic mass is 9.94. The lowest BCUT2D eigenvalue weighted by Gasteiger charge is -2.26. The number of anilines is 1. The molecule has 1 fully saturated rings. The summed E-state index contributed by atoms with van der Waals surface area (Å²) in [6.45, 7) is 4.36. The van der Waals surface area contributed by atoms with Crippen molar-refractivity contribution >= 4 is 34.7 Å². The van der Waals surface area contributed by atoms with E-state index in [4.69, 9.17) is 25.8 Å². The van der Waals surface area contributed by atoms with E-state index >= 15 is 0 Å². The van der Waals surface area contributed by atoms with E-state index in [1.807, 2.05) is 13.8 Å². The van der Waals surface area contributed by atoms with Crippen LogP contribution in [-0.4, -0.2) is 37.6 Å². The second-order valence-corrected chi connectivity index (χ2v) is 9.12. The highest BCUT2D eigenvalue weighted by Gasteiger charge is 2.47. The van der Waals surface area contributed by atoms with E-state index in [1.165, 1.54) is 31.3 Å². The van der Waals surface area contributed by atoms with Crippen LogP contribution in [-0.2, 0) is 9.59 Å². The minimum absolute atomic E-state index is 0.135. The van der Waals surface area contributed by atoms with Crippen molar-refractivity contribution < 1.29 is 33.3 Å². The molecule has 7 nitrogen and oxygen atoms in total. The van der Waals surface area contributed by atoms with Gasteiger partial charge >= 0.3 is 0 Å². The molecule has 0 saturated carbocycles. The molecule has 9 heteroatoms. The molecular formula is C29H27ClFNO6. The van der Waals surface area contributed by atoms with Crippen molar-refractivity contribution in [2.75, 3.05) is 25.7 Å². The summed E-state index contributed by atoms with van der Waals surface area (Å²) in [6.07, 6.45) is 0.837. The van der Waals surface area contributed by atoms with Crippen molar-refractivity contribution in [3.8, 4) is 17.2 Å². The smallest absolute Gasteiger partial charge is 0.300 e. The summed E-state index contributed by atoms with van der Waals surface area (Å²) in [5, 5.41) is 11.2. The average Bonchev–Trinajstić information content (AvgIpc) is 3.18. The van der Waals surface area contributed by atoms with Gasteiger partial charge in [0.25, 0.3) is 11.7 Å². The van der Waals surface area contributed by atoms with Gasteiger partial charge in [-0.1, -0.05) is 24.6 Å². The third-order valence-corrected chi connectivity index (χ3v) is 6.55. The quantitative estimate of drug-likeness (QED) is 0.208. The normalized spacial score (nSPS) is 16.6. The van der Waals surface area contributed by atoms with E-state index in [2.05, 4.69) is 0 Å². The molecule has 1 N–H and O–H groups in total. The first-order valence-corrected chi connectivity index (χ1v) is 12.3. The lowest BCUT2D eigenvalue weighted by molar-refractivity contribution is -0.132. The average molecular weight is 540 g/mol. The summed E-state index contributed by atoms with van der Waals surface area (Å²) < 4.78 is 30.4. The number of hydrogen-bond donors (Lipinski definition) is 1. The van der Waals surface area contributed by atoms with E-state index in [0.29, 0.717) is 35.0 Å². The fourth-order valence-corrected chi connectivity index (χ4v) is 4.57. The number of carbonyl (C=O) groups is 2. The molecule has 0 spiro atoms. The number of ether oxygens (including phenoxy) is 3. The molecule has 3 aromatic rings. The van der Waals surface area contributed by atoms with Crippen molar-refractivity contribution in [3.05, 3.63) is 87.7 Å². The predicted molar refractivity (Wildman–Crippen MR) is 143 cm³/mol. The maximum atomic E-state index is 13.9. The van der Waals surface area contributed by atoms with Crippen LogP contribution in [0.25, 0.3) is 5.76 Å². The maximum absolute atomic E-state index is 13.9. The number of aliphatic hydroxyl groups is 1. The Labute approximate surface area is 225 Å². The second kappa shape index (κ2) is 11.1. The first kappa shape index (κ1) is 27.0. The van der Waals surface area contributed by atoms with E-state index in [1.54, 1.807) is 36.4 Å². The highest BCUT2D eigenvalue weighted by molar-refractivity contribution is 6.51. The monoisotopic (exact) mass is 539 g/mol. The van der Waals surface area contributed by atoms with Gasteiger partial charge in [-0.15, -0.1) is 0 Å². The highest BCUT2D eigenvalue weighted by Crippen LogP contribution is 2.45. The molecule has 1 atom stereocenters. The standard InChI is InChI=1S/C29H27ClFNO6/c1-5-12-38-22-10-7-18(13-16(22)2)27(33)25-26(17-6-11-23(36-3)24(14-17)37-4)32(29(35)28(25)34)19-8-9-21(31)20(30)15-19/h6-11,13-15,26,33H,5,12H2,1-4H3/b27-25+. The molecule has 3 aromatic carbocycles. The molecule has 1 aliphatic heterocycles. The Morgan fingerprint density at radius 3 is 2.34 bits per heavy atom. The number of nitrogens with zero attached hydrogens (tertiary/aromatic N) is 1. The molecule has 0 aromatic heterocycles. The number of Topliss-reactive ketones (excluding diaryl/α,β-unsaturated/α-hetero) is 1. The molecule has 0 aliphatic carbocycles. The van der Waals surface area contributed by atoms with Crippen molar-refractivity contribution in [1.29, 1.82) is 0 Å². The fourth-order valence-electron chi connectivity index (χ4n) is 4.40. The van der Waals surface area contributed by atoms with Crippen molar-refractivity contribution in [2.45, 2.75) is 26.3 Å². The molecule has 1 heterocycles. The summed E-state index contributed by atoms with van der Waals surface area (Å²) in [7, 11) is 2.95. The van der Waals surface area contributed by atoms with Gasteiger partial charge in [0.2, 0.25) is 0 Å². The maximum Gasteiger partial charge on any atom is 0.300 e. The number of amides is 1. The van der Waals surface area contributed by atoms with Crippen LogP contribution in [0.4, 0.5) is 10.1 Å². The van der Waals surface area contributed by atoms with E-state index in [9.17, 15) is 19.1 Å². The zero-order valence-corrected chi connectivity index (χ0v) is 22.1. The number of aryl methyl sites for hydroxylation is 1. The number of ketones is 1. The molecule has 4 rings (SSSR count). The van der Waals surface area contributed by atoms with Gasteiger partial charge in [-0.3, -0.25) is 14.5 Å². The van der Waals surface area contributed by atoms with Crippen molar-refractivity contribution in [3.63, 3.8) is 0 Å². The van der Waals surface area contributed by atoms with E-state index < -0.39 is 23.5 Å². The zero-order chi connectivity index (χ0) is 27.6. The summed E-state index contributed by atoms with van der Waals surface area (Å²) in [6, 6.07) is 12.6. The van der Waals surface area contributed by atoms with E-state index in [-0.39, 0.29) is 22.0 Å². The number of methoxy groups -OCH3 is 2. The Bertz CT molecular complexity index is 1440. The molecule has 1 unspecified atom stereocenters.